The summed E-state index contributed by atoms with van der Waals surface area (Å²) in [5, 5.41) is 8.54. The van der Waals surface area contributed by atoms with E-state index in [0.29, 0.717) is 12.1 Å². The highest BCUT2D eigenvalue weighted by atomic mass is 79.9. The molecule has 0 amide bonds. The van der Waals surface area contributed by atoms with Gasteiger partial charge in [-0.05, 0) is 34.1 Å². The Hall–Kier alpha value is -1.75. The van der Waals surface area contributed by atoms with Gasteiger partial charge in [-0.3, -0.25) is 4.79 Å². The van der Waals surface area contributed by atoms with Crippen LogP contribution in [0.5, 0.6) is 5.75 Å². The first kappa shape index (κ1) is 21.9. The van der Waals surface area contributed by atoms with E-state index >= 15 is 0 Å². The van der Waals surface area contributed by atoms with E-state index in [2.05, 4.69) is 45.8 Å². The molecule has 0 bridgehead atoms. The second kappa shape index (κ2) is 8.55. The molecule has 3 rings (SSSR count). The van der Waals surface area contributed by atoms with E-state index in [0.717, 1.165) is 10.7 Å². The van der Waals surface area contributed by atoms with E-state index in [9.17, 15) is 9.18 Å². The molecule has 0 N–H and O–H groups in total. The van der Waals surface area contributed by atoms with Gasteiger partial charge >= 0.3 is 0 Å². The van der Waals surface area contributed by atoms with Crippen LogP contribution >= 0.6 is 27.5 Å². The molecular weight excluding hydrogens is 483 g/mol. The van der Waals surface area contributed by atoms with Gasteiger partial charge in [0.05, 0.1) is 17.1 Å². The Kier molecular flexibility index (Phi) is 6.47. The lowest BCUT2D eigenvalue weighted by Gasteiger charge is -2.15. The Labute approximate surface area is 181 Å². The van der Waals surface area contributed by atoms with E-state index in [4.69, 9.17) is 21.1 Å². The third-order valence-electron chi connectivity index (χ3n) is 4.27. The van der Waals surface area contributed by atoms with Crippen molar-refractivity contribution in [3.05, 3.63) is 44.0 Å². The van der Waals surface area contributed by atoms with Crippen LogP contribution < -0.4 is 10.3 Å². The topological polar surface area (TPSA) is 71.2 Å². The van der Waals surface area contributed by atoms with Crippen molar-refractivity contribution in [2.24, 2.45) is 0 Å². The van der Waals surface area contributed by atoms with Crippen molar-refractivity contribution < 1.29 is 13.9 Å². The summed E-state index contributed by atoms with van der Waals surface area (Å²) in [6, 6.07) is 5.35. The Balaban J connectivity index is 2.01. The first-order valence-electron chi connectivity index (χ1n) is 8.89. The van der Waals surface area contributed by atoms with Crippen LogP contribution in [0, 0.1) is 5.82 Å². The van der Waals surface area contributed by atoms with Gasteiger partial charge in [0, 0.05) is 20.7 Å². The summed E-state index contributed by atoms with van der Waals surface area (Å²) in [5.41, 5.74) is 0.0248. The Morgan fingerprint density at radius 2 is 2.00 bits per heavy atom. The number of fused-ring (bicyclic) bond motifs is 1. The Morgan fingerprint density at radius 3 is 2.66 bits per heavy atom. The summed E-state index contributed by atoms with van der Waals surface area (Å²) in [4.78, 5) is 12.7. The number of methoxy groups -OCH3 is 1. The van der Waals surface area contributed by atoms with Gasteiger partial charge in [0.25, 0.3) is 5.56 Å². The molecule has 3 aromatic rings. The predicted molar refractivity (Wildman–Crippen MR) is 116 cm³/mol. The zero-order chi connectivity index (χ0) is 21.3. The minimum Gasteiger partial charge on any atom is -0.494 e. The quantitative estimate of drug-likeness (QED) is 0.352. The maximum Gasteiger partial charge on any atom is 0.273 e. The summed E-state index contributed by atoms with van der Waals surface area (Å²) in [6.07, 6.45) is 0. The van der Waals surface area contributed by atoms with Gasteiger partial charge in [-0.2, -0.15) is 14.9 Å². The molecule has 0 spiro atoms. The molecular formula is C18H21BrClFN4O3Si. The zero-order valence-electron chi connectivity index (χ0n) is 16.5. The van der Waals surface area contributed by atoms with Gasteiger partial charge in [-0.25, -0.2) is 9.07 Å². The van der Waals surface area contributed by atoms with Crippen LogP contribution in [-0.2, 0) is 11.5 Å². The number of benzene rings is 1. The number of nitrogens with zero attached hydrogens (tertiary/aromatic N) is 4. The van der Waals surface area contributed by atoms with Gasteiger partial charge in [0.2, 0.25) is 0 Å². The smallest absolute Gasteiger partial charge is 0.273 e. The maximum atomic E-state index is 14.7. The normalized spacial score (nSPS) is 12.0. The van der Waals surface area contributed by atoms with Crippen molar-refractivity contribution in [3.63, 3.8) is 0 Å². The van der Waals surface area contributed by atoms with E-state index in [1.807, 2.05) is 0 Å². The van der Waals surface area contributed by atoms with E-state index in [1.54, 1.807) is 0 Å². The van der Waals surface area contributed by atoms with Gasteiger partial charge < -0.3 is 9.47 Å². The molecule has 2 heterocycles. The largest absolute Gasteiger partial charge is 0.494 e. The maximum absolute atomic E-state index is 14.7. The van der Waals surface area contributed by atoms with Crippen molar-refractivity contribution in [1.82, 2.24) is 19.6 Å². The lowest BCUT2D eigenvalue weighted by atomic mass is 10.2. The fraction of sp³-hybridized carbons (Fsp3) is 0.389. The molecule has 0 aliphatic rings. The number of aromatic nitrogens is 4. The molecule has 0 unspecified atom stereocenters. The summed E-state index contributed by atoms with van der Waals surface area (Å²) < 4.78 is 28.2. The second-order valence-corrected chi connectivity index (χ2v) is 14.5. The molecule has 1 aromatic carbocycles. The molecule has 0 saturated carbocycles. The van der Waals surface area contributed by atoms with Crippen molar-refractivity contribution in [2.45, 2.75) is 32.4 Å². The number of ether oxygens (including phenoxy) is 2. The van der Waals surface area contributed by atoms with Gasteiger partial charge in [0.1, 0.15) is 23.7 Å². The van der Waals surface area contributed by atoms with Crippen LogP contribution in [0.15, 0.2) is 27.5 Å². The lowest BCUT2D eigenvalue weighted by molar-refractivity contribution is 0.0817. The van der Waals surface area contributed by atoms with E-state index in [-0.39, 0.29) is 33.3 Å². The first-order valence-corrected chi connectivity index (χ1v) is 13.8. The molecule has 0 atom stereocenters. The molecule has 2 aromatic heterocycles. The average molecular weight is 504 g/mol. The molecule has 11 heteroatoms. The van der Waals surface area contributed by atoms with E-state index in [1.165, 1.54) is 30.0 Å². The molecule has 0 saturated heterocycles. The lowest BCUT2D eigenvalue weighted by Crippen LogP contribution is -2.23. The molecule has 7 nitrogen and oxygen atoms in total. The SMILES string of the molecule is COc1ccc(Br)c(F)c1-n1nc2c(Cl)nn(COCC[Si](C)(C)C)c2cc1=O. The van der Waals surface area contributed by atoms with Gasteiger partial charge in [0.15, 0.2) is 11.0 Å². The van der Waals surface area contributed by atoms with E-state index < -0.39 is 19.5 Å². The summed E-state index contributed by atoms with van der Waals surface area (Å²) in [5.74, 6) is -0.505. The van der Waals surface area contributed by atoms with Crippen molar-refractivity contribution in [2.75, 3.05) is 13.7 Å². The average Bonchev–Trinajstić information content (AvgIpc) is 2.94. The van der Waals surface area contributed by atoms with Gasteiger partial charge in [-0.1, -0.05) is 31.2 Å². The monoisotopic (exact) mass is 502 g/mol. The van der Waals surface area contributed by atoms with Crippen LogP contribution in [0.3, 0.4) is 0 Å². The standard InChI is InChI=1S/C18H21BrClFN4O3Si/c1-27-13-6-5-11(19)15(21)17(13)25-14(26)9-12-16(22-25)18(20)23-24(12)10-28-7-8-29(2,3)4/h5-6,9H,7-8,10H2,1-4H3. The molecule has 0 aliphatic heterocycles. The fourth-order valence-corrected chi connectivity index (χ4v) is 3.97. The number of hydrogen-bond acceptors (Lipinski definition) is 5. The third kappa shape index (κ3) is 4.71. The predicted octanol–water partition coefficient (Wildman–Crippen LogP) is 4.46. The Morgan fingerprint density at radius 1 is 1.28 bits per heavy atom. The highest BCUT2D eigenvalue weighted by Crippen LogP contribution is 2.30. The molecule has 0 radical (unpaired) electrons. The minimum atomic E-state index is -1.21. The molecule has 29 heavy (non-hydrogen) atoms. The van der Waals surface area contributed by atoms with Crippen molar-refractivity contribution in [3.8, 4) is 11.4 Å². The molecule has 0 fully saturated rings. The minimum absolute atomic E-state index is 0.0944. The number of hydrogen-bond donors (Lipinski definition) is 0. The number of rotatable bonds is 7. The zero-order valence-corrected chi connectivity index (χ0v) is 19.8. The molecule has 156 valence electrons. The van der Waals surface area contributed by atoms with Crippen LogP contribution in [0.1, 0.15) is 0 Å². The van der Waals surface area contributed by atoms with Crippen LogP contribution in [-0.4, -0.2) is 41.4 Å². The third-order valence-corrected chi connectivity index (χ3v) is 6.84. The van der Waals surface area contributed by atoms with Crippen molar-refractivity contribution >= 4 is 46.6 Å². The number of halogens is 3. The summed E-state index contributed by atoms with van der Waals surface area (Å²) in [7, 11) is 0.173. The van der Waals surface area contributed by atoms with Crippen LogP contribution in [0.4, 0.5) is 4.39 Å². The van der Waals surface area contributed by atoms with Crippen LogP contribution in [0.2, 0.25) is 30.8 Å². The van der Waals surface area contributed by atoms with Crippen LogP contribution in [0.25, 0.3) is 16.7 Å². The summed E-state index contributed by atoms with van der Waals surface area (Å²) in [6.45, 7) is 7.53. The second-order valence-electron chi connectivity index (χ2n) is 7.68. The van der Waals surface area contributed by atoms with Gasteiger partial charge in [-0.15, -0.1) is 0 Å². The van der Waals surface area contributed by atoms with Crippen molar-refractivity contribution in [1.29, 1.82) is 0 Å². The summed E-state index contributed by atoms with van der Waals surface area (Å²) >= 11 is 9.35. The first-order chi connectivity index (χ1) is 13.6. The highest BCUT2D eigenvalue weighted by Gasteiger charge is 2.20. The Bertz CT molecular complexity index is 1110. The highest BCUT2D eigenvalue weighted by molar-refractivity contribution is 9.10. The fourth-order valence-electron chi connectivity index (χ4n) is 2.67. The molecule has 0 aliphatic carbocycles.